The van der Waals surface area contributed by atoms with Crippen molar-refractivity contribution in [3.8, 4) is 6.07 Å². The number of rotatable bonds is 4. The van der Waals surface area contributed by atoms with E-state index in [0.29, 0.717) is 5.69 Å². The number of amides is 1. The Balaban J connectivity index is 2.27. The zero-order valence-corrected chi connectivity index (χ0v) is 12.5. The minimum atomic E-state index is -4.44. The third-order valence-corrected chi connectivity index (χ3v) is 3.03. The molecule has 2 rings (SSSR count). The molecule has 24 heavy (non-hydrogen) atoms. The first-order valence-corrected chi connectivity index (χ1v) is 6.73. The fraction of sp³-hybridized carbons (Fsp3) is 0.200. The molecule has 1 aromatic carbocycles. The fourth-order valence-electron chi connectivity index (χ4n) is 1.87. The van der Waals surface area contributed by atoms with Gasteiger partial charge in [0.25, 0.3) is 5.91 Å². The summed E-state index contributed by atoms with van der Waals surface area (Å²) >= 11 is 0. The van der Waals surface area contributed by atoms with Crippen LogP contribution >= 0.6 is 0 Å². The van der Waals surface area contributed by atoms with Crippen molar-refractivity contribution in [2.45, 2.75) is 13.1 Å². The van der Waals surface area contributed by atoms with Gasteiger partial charge in [-0.2, -0.15) is 18.4 Å². The van der Waals surface area contributed by atoms with Crippen molar-refractivity contribution in [1.29, 1.82) is 5.26 Å². The standard InChI is InChI=1S/C15H12F3N5O/c1-9-11(6-20-8-22-9)14(24)23-12-3-2-10(5-19)4-13(12)21-7-15(16,17)18/h2-4,6,8,21H,7H2,1H3,(H,23,24). The number of nitrogens with zero attached hydrogens (tertiary/aromatic N) is 3. The van der Waals surface area contributed by atoms with Crippen molar-refractivity contribution < 1.29 is 18.0 Å². The van der Waals surface area contributed by atoms with Crippen molar-refractivity contribution in [2.24, 2.45) is 0 Å². The fourth-order valence-corrected chi connectivity index (χ4v) is 1.87. The smallest absolute Gasteiger partial charge is 0.375 e. The SMILES string of the molecule is Cc1ncncc1C(=O)Nc1ccc(C#N)cc1NCC(F)(F)F. The monoisotopic (exact) mass is 335 g/mol. The highest BCUT2D eigenvalue weighted by Gasteiger charge is 2.27. The van der Waals surface area contributed by atoms with Gasteiger partial charge in [-0.1, -0.05) is 0 Å². The Morgan fingerprint density at radius 2 is 2.08 bits per heavy atom. The predicted molar refractivity (Wildman–Crippen MR) is 80.4 cm³/mol. The maximum Gasteiger partial charge on any atom is 0.405 e. The molecule has 0 fully saturated rings. The van der Waals surface area contributed by atoms with Crippen LogP contribution in [0.25, 0.3) is 0 Å². The molecule has 2 N–H and O–H groups in total. The van der Waals surface area contributed by atoms with Crippen LogP contribution in [-0.4, -0.2) is 28.6 Å². The Bertz CT molecular complexity index is 798. The normalized spacial score (nSPS) is 10.8. The lowest BCUT2D eigenvalue weighted by molar-refractivity contribution is -0.115. The topological polar surface area (TPSA) is 90.7 Å². The molecule has 0 aliphatic carbocycles. The Labute approximate surface area is 135 Å². The molecule has 0 unspecified atom stereocenters. The molecule has 2 aromatic rings. The van der Waals surface area contributed by atoms with Gasteiger partial charge in [0.2, 0.25) is 0 Å². The zero-order chi connectivity index (χ0) is 17.7. The number of benzene rings is 1. The molecule has 6 nitrogen and oxygen atoms in total. The molecular formula is C15H12F3N5O. The lowest BCUT2D eigenvalue weighted by atomic mass is 10.1. The number of nitriles is 1. The largest absolute Gasteiger partial charge is 0.405 e. The maximum absolute atomic E-state index is 12.4. The number of carbonyl (C=O) groups excluding carboxylic acids is 1. The van der Waals surface area contributed by atoms with E-state index in [1.807, 2.05) is 6.07 Å². The van der Waals surface area contributed by atoms with E-state index >= 15 is 0 Å². The number of nitrogens with one attached hydrogen (secondary N) is 2. The van der Waals surface area contributed by atoms with Crippen LogP contribution in [0.3, 0.4) is 0 Å². The molecule has 1 aromatic heterocycles. The molecule has 1 heterocycles. The van der Waals surface area contributed by atoms with E-state index in [-0.39, 0.29) is 22.5 Å². The number of aryl methyl sites for hydroxylation is 1. The summed E-state index contributed by atoms with van der Waals surface area (Å²) in [6.45, 7) is 0.316. The number of anilines is 2. The van der Waals surface area contributed by atoms with Crippen molar-refractivity contribution in [1.82, 2.24) is 9.97 Å². The Hall–Kier alpha value is -3.15. The van der Waals surface area contributed by atoms with E-state index in [9.17, 15) is 18.0 Å². The lowest BCUT2D eigenvalue weighted by Crippen LogP contribution is -2.22. The van der Waals surface area contributed by atoms with Crippen LogP contribution in [-0.2, 0) is 0 Å². The van der Waals surface area contributed by atoms with Gasteiger partial charge in [-0.15, -0.1) is 0 Å². The predicted octanol–water partition coefficient (Wildman–Crippen LogP) is 2.88. The average molecular weight is 335 g/mol. The molecule has 0 aliphatic rings. The molecule has 0 saturated heterocycles. The van der Waals surface area contributed by atoms with E-state index in [4.69, 9.17) is 5.26 Å². The summed E-state index contributed by atoms with van der Waals surface area (Å²) in [5.74, 6) is -0.562. The Kier molecular flexibility index (Phi) is 4.99. The molecule has 0 bridgehead atoms. The summed E-state index contributed by atoms with van der Waals surface area (Å²) in [6, 6.07) is 5.81. The number of hydrogen-bond donors (Lipinski definition) is 2. The summed E-state index contributed by atoms with van der Waals surface area (Å²) in [5.41, 5.74) is 0.905. The quantitative estimate of drug-likeness (QED) is 0.896. The highest BCUT2D eigenvalue weighted by Crippen LogP contribution is 2.26. The van der Waals surface area contributed by atoms with Crippen molar-refractivity contribution in [2.75, 3.05) is 17.2 Å². The summed E-state index contributed by atoms with van der Waals surface area (Å²) in [6.07, 6.45) is -1.85. The van der Waals surface area contributed by atoms with Crippen LogP contribution in [0, 0.1) is 18.3 Å². The number of aromatic nitrogens is 2. The van der Waals surface area contributed by atoms with Crippen LogP contribution in [0.15, 0.2) is 30.7 Å². The Morgan fingerprint density at radius 3 is 2.71 bits per heavy atom. The van der Waals surface area contributed by atoms with E-state index < -0.39 is 18.6 Å². The van der Waals surface area contributed by atoms with Crippen molar-refractivity contribution >= 4 is 17.3 Å². The molecule has 124 valence electrons. The molecule has 0 saturated carbocycles. The molecule has 0 radical (unpaired) electrons. The first-order valence-electron chi connectivity index (χ1n) is 6.73. The van der Waals surface area contributed by atoms with Gasteiger partial charge < -0.3 is 10.6 Å². The van der Waals surface area contributed by atoms with Gasteiger partial charge in [-0.25, -0.2) is 9.97 Å². The minimum Gasteiger partial charge on any atom is -0.375 e. The van der Waals surface area contributed by atoms with E-state index in [2.05, 4.69) is 20.6 Å². The molecular weight excluding hydrogens is 323 g/mol. The summed E-state index contributed by atoms with van der Waals surface area (Å²) in [4.78, 5) is 19.9. The van der Waals surface area contributed by atoms with E-state index in [0.717, 1.165) is 0 Å². The summed E-state index contributed by atoms with van der Waals surface area (Å²) < 4.78 is 37.2. The van der Waals surface area contributed by atoms with Crippen molar-refractivity contribution in [3.63, 3.8) is 0 Å². The third kappa shape index (κ3) is 4.42. The van der Waals surface area contributed by atoms with Crippen LogP contribution < -0.4 is 10.6 Å². The zero-order valence-electron chi connectivity index (χ0n) is 12.5. The molecule has 1 amide bonds. The third-order valence-electron chi connectivity index (χ3n) is 3.03. The molecule has 0 atom stereocenters. The highest BCUT2D eigenvalue weighted by atomic mass is 19.4. The van der Waals surface area contributed by atoms with Crippen LogP contribution in [0.5, 0.6) is 0 Å². The summed E-state index contributed by atoms with van der Waals surface area (Å²) in [5, 5.41) is 13.5. The van der Waals surface area contributed by atoms with Crippen LogP contribution in [0.1, 0.15) is 21.6 Å². The number of alkyl halides is 3. The van der Waals surface area contributed by atoms with Gasteiger partial charge in [-0.05, 0) is 25.1 Å². The van der Waals surface area contributed by atoms with Gasteiger partial charge in [0, 0.05) is 6.20 Å². The average Bonchev–Trinajstić information content (AvgIpc) is 2.53. The van der Waals surface area contributed by atoms with Gasteiger partial charge in [-0.3, -0.25) is 4.79 Å². The van der Waals surface area contributed by atoms with Crippen molar-refractivity contribution in [3.05, 3.63) is 47.5 Å². The second-order valence-corrected chi connectivity index (χ2v) is 4.82. The first kappa shape index (κ1) is 17.2. The van der Waals surface area contributed by atoms with Gasteiger partial charge >= 0.3 is 6.18 Å². The second-order valence-electron chi connectivity index (χ2n) is 4.82. The van der Waals surface area contributed by atoms with Gasteiger partial charge in [0.05, 0.1) is 34.3 Å². The minimum absolute atomic E-state index is 0.00534. The molecule has 0 aliphatic heterocycles. The second kappa shape index (κ2) is 6.95. The van der Waals surface area contributed by atoms with Gasteiger partial charge in [0.15, 0.2) is 0 Å². The number of carbonyl (C=O) groups is 1. The summed E-state index contributed by atoms with van der Waals surface area (Å²) in [7, 11) is 0. The van der Waals surface area contributed by atoms with E-state index in [1.165, 1.54) is 30.7 Å². The number of halogens is 3. The first-order chi connectivity index (χ1) is 11.3. The highest BCUT2D eigenvalue weighted by molar-refractivity contribution is 6.06. The molecule has 0 spiro atoms. The van der Waals surface area contributed by atoms with Crippen LogP contribution in [0.4, 0.5) is 24.5 Å². The van der Waals surface area contributed by atoms with Gasteiger partial charge in [0.1, 0.15) is 12.9 Å². The lowest BCUT2D eigenvalue weighted by Gasteiger charge is -2.15. The van der Waals surface area contributed by atoms with Crippen LogP contribution in [0.2, 0.25) is 0 Å². The number of hydrogen-bond acceptors (Lipinski definition) is 5. The Morgan fingerprint density at radius 1 is 1.33 bits per heavy atom. The molecule has 9 heteroatoms. The van der Waals surface area contributed by atoms with E-state index in [1.54, 1.807) is 6.92 Å². The maximum atomic E-state index is 12.4.